The molecule has 3 aromatic rings. The molecule has 2 aromatic heterocycles. The summed E-state index contributed by atoms with van der Waals surface area (Å²) in [6.45, 7) is 5.33. The highest BCUT2D eigenvalue weighted by atomic mass is 16.5. The van der Waals surface area contributed by atoms with E-state index in [4.69, 9.17) is 9.15 Å². The summed E-state index contributed by atoms with van der Waals surface area (Å²) in [4.78, 5) is 12.3. The first-order chi connectivity index (χ1) is 12.6. The Balaban J connectivity index is 1.92. The summed E-state index contributed by atoms with van der Waals surface area (Å²) < 4.78 is 12.7. The number of methoxy groups -OCH3 is 1. The summed E-state index contributed by atoms with van der Waals surface area (Å²) in [5.41, 5.74) is 1.70. The van der Waals surface area contributed by atoms with Crippen molar-refractivity contribution in [1.82, 2.24) is 20.1 Å². The Morgan fingerprint density at radius 2 is 2.12 bits per heavy atom. The van der Waals surface area contributed by atoms with E-state index in [1.165, 1.54) is 0 Å². The highest BCUT2D eigenvalue weighted by Gasteiger charge is 2.18. The van der Waals surface area contributed by atoms with Crippen molar-refractivity contribution in [2.45, 2.75) is 26.8 Å². The molecule has 1 N–H and O–H groups in total. The van der Waals surface area contributed by atoms with Gasteiger partial charge in [0, 0.05) is 31.0 Å². The lowest BCUT2D eigenvalue weighted by molar-refractivity contribution is -0.121. The monoisotopic (exact) mass is 356 g/mol. The first-order valence-corrected chi connectivity index (χ1v) is 8.75. The van der Waals surface area contributed by atoms with Crippen LogP contribution < -0.4 is 5.32 Å². The van der Waals surface area contributed by atoms with E-state index in [2.05, 4.69) is 29.4 Å². The number of hydrogen-bond donors (Lipinski definition) is 1. The van der Waals surface area contributed by atoms with Crippen LogP contribution in [0.15, 0.2) is 34.7 Å². The van der Waals surface area contributed by atoms with Crippen molar-refractivity contribution >= 4 is 16.8 Å². The molecule has 0 fully saturated rings. The van der Waals surface area contributed by atoms with Crippen LogP contribution in [0.3, 0.4) is 0 Å². The standard InChI is InChI=1S/C19H24N4O3/c1-13(2)10-18-21-22-19(26-18)16-11-14-6-4-5-7-15(14)23(16)12-17(24)20-8-9-25-3/h4-7,11,13H,8-10,12H2,1-3H3,(H,20,24). The van der Waals surface area contributed by atoms with E-state index < -0.39 is 0 Å². The fourth-order valence-electron chi connectivity index (χ4n) is 2.84. The summed E-state index contributed by atoms with van der Waals surface area (Å²) in [5.74, 6) is 1.38. The van der Waals surface area contributed by atoms with Crippen LogP contribution in [0.2, 0.25) is 0 Å². The molecule has 0 aliphatic heterocycles. The third kappa shape index (κ3) is 4.11. The van der Waals surface area contributed by atoms with E-state index in [9.17, 15) is 4.79 Å². The van der Waals surface area contributed by atoms with Gasteiger partial charge in [0.25, 0.3) is 5.89 Å². The van der Waals surface area contributed by atoms with Crippen molar-refractivity contribution in [1.29, 1.82) is 0 Å². The summed E-state index contributed by atoms with van der Waals surface area (Å²) in [5, 5.41) is 12.2. The lowest BCUT2D eigenvalue weighted by Gasteiger charge is -2.09. The van der Waals surface area contributed by atoms with Gasteiger partial charge in [-0.2, -0.15) is 0 Å². The highest BCUT2D eigenvalue weighted by molar-refractivity contribution is 5.88. The number of rotatable bonds is 8. The number of amides is 1. The molecule has 0 unspecified atom stereocenters. The summed E-state index contributed by atoms with van der Waals surface area (Å²) in [6.07, 6.45) is 0.727. The Morgan fingerprint density at radius 1 is 1.31 bits per heavy atom. The molecule has 0 aliphatic carbocycles. The molecule has 2 heterocycles. The number of fused-ring (bicyclic) bond motifs is 1. The molecular weight excluding hydrogens is 332 g/mol. The van der Waals surface area contributed by atoms with Crippen molar-refractivity contribution in [2.24, 2.45) is 5.92 Å². The third-order valence-corrected chi connectivity index (χ3v) is 4.01. The number of hydrogen-bond acceptors (Lipinski definition) is 5. The molecule has 1 aromatic carbocycles. The van der Waals surface area contributed by atoms with Crippen molar-refractivity contribution in [3.05, 3.63) is 36.2 Å². The number of ether oxygens (including phenoxy) is 1. The quantitative estimate of drug-likeness (QED) is 0.628. The average molecular weight is 356 g/mol. The van der Waals surface area contributed by atoms with Crippen molar-refractivity contribution in [3.63, 3.8) is 0 Å². The van der Waals surface area contributed by atoms with Gasteiger partial charge >= 0.3 is 0 Å². The van der Waals surface area contributed by atoms with E-state index in [0.29, 0.717) is 30.9 Å². The van der Waals surface area contributed by atoms with E-state index in [-0.39, 0.29) is 12.5 Å². The molecule has 138 valence electrons. The van der Waals surface area contributed by atoms with Gasteiger partial charge in [-0.25, -0.2) is 0 Å². The minimum atomic E-state index is -0.0911. The van der Waals surface area contributed by atoms with Crippen molar-refractivity contribution in [2.75, 3.05) is 20.3 Å². The molecule has 0 aliphatic rings. The van der Waals surface area contributed by atoms with E-state index in [1.807, 2.05) is 34.9 Å². The van der Waals surface area contributed by atoms with Gasteiger partial charge in [0.05, 0.1) is 6.61 Å². The highest BCUT2D eigenvalue weighted by Crippen LogP contribution is 2.27. The van der Waals surface area contributed by atoms with Gasteiger partial charge in [0.15, 0.2) is 0 Å². The number of para-hydroxylation sites is 1. The fourth-order valence-corrected chi connectivity index (χ4v) is 2.84. The maximum atomic E-state index is 12.3. The third-order valence-electron chi connectivity index (χ3n) is 4.01. The average Bonchev–Trinajstić information content (AvgIpc) is 3.19. The minimum Gasteiger partial charge on any atom is -0.419 e. The molecule has 0 saturated heterocycles. The smallest absolute Gasteiger partial charge is 0.264 e. The number of nitrogens with zero attached hydrogens (tertiary/aromatic N) is 3. The predicted octanol–water partition coefficient (Wildman–Crippen LogP) is 2.65. The maximum Gasteiger partial charge on any atom is 0.264 e. The summed E-state index contributed by atoms with van der Waals surface area (Å²) in [7, 11) is 1.61. The Labute approximate surface area is 152 Å². The molecule has 0 radical (unpaired) electrons. The van der Waals surface area contributed by atoms with Gasteiger partial charge < -0.3 is 19.0 Å². The van der Waals surface area contributed by atoms with Gasteiger partial charge in [-0.05, 0) is 18.1 Å². The van der Waals surface area contributed by atoms with E-state index >= 15 is 0 Å². The Kier molecular flexibility index (Phi) is 5.68. The zero-order valence-electron chi connectivity index (χ0n) is 15.4. The van der Waals surface area contributed by atoms with Crippen LogP contribution in [-0.2, 0) is 22.5 Å². The number of aromatic nitrogens is 3. The van der Waals surface area contributed by atoms with Crippen molar-refractivity contribution < 1.29 is 13.9 Å². The molecule has 0 spiro atoms. The number of nitrogens with one attached hydrogen (secondary N) is 1. The van der Waals surface area contributed by atoms with Crippen LogP contribution in [-0.4, -0.2) is 40.9 Å². The number of carbonyl (C=O) groups excluding carboxylic acids is 1. The molecule has 7 heteroatoms. The van der Waals surface area contributed by atoms with Gasteiger partial charge in [-0.1, -0.05) is 32.0 Å². The molecule has 0 bridgehead atoms. The predicted molar refractivity (Wildman–Crippen MR) is 98.7 cm³/mol. The van der Waals surface area contributed by atoms with E-state index in [1.54, 1.807) is 7.11 Å². The second kappa shape index (κ2) is 8.14. The van der Waals surface area contributed by atoms with Crippen molar-refractivity contribution in [3.8, 4) is 11.6 Å². The second-order valence-corrected chi connectivity index (χ2v) is 6.62. The molecule has 0 atom stereocenters. The lowest BCUT2D eigenvalue weighted by atomic mass is 10.1. The summed E-state index contributed by atoms with van der Waals surface area (Å²) >= 11 is 0. The van der Waals surface area contributed by atoms with Crippen LogP contribution >= 0.6 is 0 Å². The van der Waals surface area contributed by atoms with Crippen LogP contribution in [0.25, 0.3) is 22.5 Å². The van der Waals surface area contributed by atoms with Crippen LogP contribution in [0.4, 0.5) is 0 Å². The minimum absolute atomic E-state index is 0.0911. The maximum absolute atomic E-state index is 12.3. The van der Waals surface area contributed by atoms with Crippen LogP contribution in [0.5, 0.6) is 0 Å². The number of benzene rings is 1. The second-order valence-electron chi connectivity index (χ2n) is 6.62. The SMILES string of the molecule is COCCNC(=O)Cn1c(-c2nnc(CC(C)C)o2)cc2ccccc21. The van der Waals surface area contributed by atoms with E-state index in [0.717, 1.165) is 23.0 Å². The van der Waals surface area contributed by atoms with Gasteiger partial charge in [0.1, 0.15) is 12.2 Å². The van der Waals surface area contributed by atoms with Crippen LogP contribution in [0.1, 0.15) is 19.7 Å². The Hall–Kier alpha value is -2.67. The molecule has 0 saturated carbocycles. The first-order valence-electron chi connectivity index (χ1n) is 8.75. The molecule has 7 nitrogen and oxygen atoms in total. The number of carbonyl (C=O) groups is 1. The molecular formula is C19H24N4O3. The van der Waals surface area contributed by atoms with Gasteiger partial charge in [0.2, 0.25) is 11.8 Å². The molecule has 26 heavy (non-hydrogen) atoms. The zero-order valence-corrected chi connectivity index (χ0v) is 15.4. The normalized spacial score (nSPS) is 11.4. The largest absolute Gasteiger partial charge is 0.419 e. The molecule has 1 amide bonds. The summed E-state index contributed by atoms with van der Waals surface area (Å²) in [6, 6.07) is 9.87. The molecule has 3 rings (SSSR count). The Bertz CT molecular complexity index is 882. The topological polar surface area (TPSA) is 82.2 Å². The first kappa shape index (κ1) is 18.1. The lowest BCUT2D eigenvalue weighted by Crippen LogP contribution is -2.30. The Morgan fingerprint density at radius 3 is 2.88 bits per heavy atom. The van der Waals surface area contributed by atoms with Gasteiger partial charge in [-0.3, -0.25) is 4.79 Å². The van der Waals surface area contributed by atoms with Crippen LogP contribution in [0, 0.1) is 5.92 Å². The van der Waals surface area contributed by atoms with Gasteiger partial charge in [-0.15, -0.1) is 10.2 Å². The zero-order chi connectivity index (χ0) is 18.5. The fraction of sp³-hybridized carbons (Fsp3) is 0.421.